The number of anilines is 2. The Kier molecular flexibility index (Phi) is 5.84. The van der Waals surface area contributed by atoms with E-state index in [1.165, 1.54) is 12.1 Å². The lowest BCUT2D eigenvalue weighted by Gasteiger charge is -2.22. The molecule has 0 fully saturated rings. The van der Waals surface area contributed by atoms with Gasteiger partial charge < -0.3 is 5.32 Å². The van der Waals surface area contributed by atoms with Crippen molar-refractivity contribution in [1.82, 2.24) is 0 Å². The molecule has 0 aliphatic carbocycles. The van der Waals surface area contributed by atoms with Crippen molar-refractivity contribution < 1.29 is 39.7 Å². The number of nitrogens with one attached hydrogen (secondary N) is 1. The van der Waals surface area contributed by atoms with Gasteiger partial charge in [0.1, 0.15) is 5.69 Å². The number of nitro benzene ring substituents is 1. The minimum atomic E-state index is -6.23. The first-order valence-electron chi connectivity index (χ1n) is 7.63. The number of aryl methyl sites for hydroxylation is 1. The monoisotopic (exact) mass is 442 g/mol. The smallest absolute Gasteiger partial charge is 0.350 e. The second kappa shape index (κ2) is 7.54. The van der Waals surface area contributed by atoms with E-state index in [-0.39, 0.29) is 11.8 Å². The summed E-state index contributed by atoms with van der Waals surface area (Å²) in [5.41, 5.74) is -0.127. The maximum atomic E-state index is 13.7. The number of hydrogen-bond donors (Lipinski definition) is 1. The van der Waals surface area contributed by atoms with Gasteiger partial charge in [-0.25, -0.2) is 12.8 Å². The van der Waals surface area contributed by atoms with Crippen molar-refractivity contribution in [3.8, 4) is 0 Å². The molecule has 1 atom stereocenters. The lowest BCUT2D eigenvalue weighted by Crippen LogP contribution is -2.47. The van der Waals surface area contributed by atoms with Gasteiger partial charge in [0.2, 0.25) is 9.84 Å². The fraction of sp³-hybridized carbons (Fsp3) is 0.250. The lowest BCUT2D eigenvalue weighted by molar-refractivity contribution is -0.384. The van der Waals surface area contributed by atoms with Crippen molar-refractivity contribution in [2.24, 2.45) is 0 Å². The van der Waals surface area contributed by atoms with Crippen LogP contribution in [0.15, 0.2) is 47.4 Å². The molecule has 0 unspecified atom stereocenters. The zero-order valence-corrected chi connectivity index (χ0v) is 15.2. The van der Waals surface area contributed by atoms with Crippen LogP contribution >= 0.6 is 0 Å². The van der Waals surface area contributed by atoms with Gasteiger partial charge in [0.05, 0.1) is 9.82 Å². The van der Waals surface area contributed by atoms with Crippen LogP contribution in [0.25, 0.3) is 0 Å². The molecule has 0 bridgehead atoms. The third-order valence-corrected chi connectivity index (χ3v) is 5.55. The minimum absolute atomic E-state index is 0.142. The molecule has 1 N–H and O–H groups in total. The number of nitrogens with zero attached hydrogens (tertiary/aromatic N) is 1. The Morgan fingerprint density at radius 2 is 1.59 bits per heavy atom. The van der Waals surface area contributed by atoms with Gasteiger partial charge in [-0.05, 0) is 31.2 Å². The van der Waals surface area contributed by atoms with Crippen LogP contribution in [-0.2, 0) is 9.84 Å². The molecular weight excluding hydrogens is 430 g/mol. The molecule has 0 radical (unpaired) electrons. The predicted molar refractivity (Wildman–Crippen MR) is 90.6 cm³/mol. The Bertz CT molecular complexity index is 1020. The van der Waals surface area contributed by atoms with E-state index in [1.54, 1.807) is 19.1 Å². The van der Waals surface area contributed by atoms with E-state index >= 15 is 0 Å². The predicted octanol–water partition coefficient (Wildman–Crippen LogP) is 4.91. The van der Waals surface area contributed by atoms with Crippen LogP contribution in [0.2, 0.25) is 0 Å². The van der Waals surface area contributed by atoms with E-state index in [9.17, 15) is 44.9 Å². The summed E-state index contributed by atoms with van der Waals surface area (Å²) in [6.07, 6.45) is -11.2. The van der Waals surface area contributed by atoms with Crippen LogP contribution in [0.1, 0.15) is 5.56 Å². The van der Waals surface area contributed by atoms with E-state index in [1.807, 2.05) is 0 Å². The normalized spacial score (nSPS) is 13.8. The summed E-state index contributed by atoms with van der Waals surface area (Å²) in [6, 6.07) is 7.63. The number of rotatable bonds is 6. The van der Waals surface area contributed by atoms with Crippen molar-refractivity contribution in [3.05, 3.63) is 58.1 Å². The Morgan fingerprint density at radius 1 is 1.03 bits per heavy atom. The zero-order chi connectivity index (χ0) is 22.2. The standard InChI is InChI=1S/C16H12F6N2O4S/c1-9-2-4-10(5-3-9)23-12-7-6-11(8-13(12)24(25)26)29(27,28)16(21,22)14(17)15(18,19)20/h2-8,14,23H,1H3/t14-/m0/s1. The second-order valence-corrected chi connectivity index (χ2v) is 7.92. The molecule has 0 amide bonds. The van der Waals surface area contributed by atoms with Crippen LogP contribution in [0.5, 0.6) is 0 Å². The average molecular weight is 442 g/mol. The number of halogens is 6. The quantitative estimate of drug-likeness (QED) is 0.390. The molecule has 2 aromatic carbocycles. The van der Waals surface area contributed by atoms with Gasteiger partial charge in [0.15, 0.2) is 0 Å². The first-order valence-corrected chi connectivity index (χ1v) is 9.11. The Labute approximate surface area is 160 Å². The highest BCUT2D eigenvalue weighted by Gasteiger charge is 2.64. The SMILES string of the molecule is Cc1ccc(Nc2ccc(S(=O)(=O)C(F)(F)[C@@H](F)C(F)(F)F)cc2[N+](=O)[O-])cc1. The lowest BCUT2D eigenvalue weighted by atomic mass is 10.2. The Morgan fingerprint density at radius 3 is 2.07 bits per heavy atom. The second-order valence-electron chi connectivity index (χ2n) is 5.90. The maximum Gasteiger partial charge on any atom is 0.426 e. The van der Waals surface area contributed by atoms with Gasteiger partial charge in [-0.1, -0.05) is 17.7 Å². The van der Waals surface area contributed by atoms with E-state index in [0.717, 1.165) is 11.6 Å². The van der Waals surface area contributed by atoms with Gasteiger partial charge in [-0.15, -0.1) is 0 Å². The van der Waals surface area contributed by atoms with Crippen LogP contribution in [-0.4, -0.2) is 30.9 Å². The fourth-order valence-electron chi connectivity index (χ4n) is 2.21. The third kappa shape index (κ3) is 4.44. The summed E-state index contributed by atoms with van der Waals surface area (Å²) in [5, 5.41) is 7.90. The van der Waals surface area contributed by atoms with Gasteiger partial charge >= 0.3 is 11.4 Å². The summed E-state index contributed by atoms with van der Waals surface area (Å²) >= 11 is 0. The van der Waals surface area contributed by atoms with Gasteiger partial charge in [-0.3, -0.25) is 10.1 Å². The number of alkyl halides is 6. The summed E-state index contributed by atoms with van der Waals surface area (Å²) in [6.45, 7) is 1.77. The minimum Gasteiger partial charge on any atom is -0.350 e. The van der Waals surface area contributed by atoms with Crippen molar-refractivity contribution in [2.75, 3.05) is 5.32 Å². The summed E-state index contributed by atoms with van der Waals surface area (Å²) in [5.74, 6) is 0. The van der Waals surface area contributed by atoms with Crippen LogP contribution in [0.4, 0.5) is 43.4 Å². The highest BCUT2D eigenvalue weighted by Crippen LogP contribution is 2.42. The number of hydrogen-bond acceptors (Lipinski definition) is 5. The molecule has 6 nitrogen and oxygen atoms in total. The largest absolute Gasteiger partial charge is 0.426 e. The van der Waals surface area contributed by atoms with Crippen molar-refractivity contribution in [1.29, 1.82) is 0 Å². The topological polar surface area (TPSA) is 89.3 Å². The van der Waals surface area contributed by atoms with Gasteiger partial charge in [0, 0.05) is 11.8 Å². The molecule has 2 aromatic rings. The maximum absolute atomic E-state index is 13.7. The Hall–Kier alpha value is -2.83. The highest BCUT2D eigenvalue weighted by atomic mass is 32.2. The Balaban J connectivity index is 2.51. The molecule has 0 saturated carbocycles. The molecule has 29 heavy (non-hydrogen) atoms. The van der Waals surface area contributed by atoms with E-state index in [4.69, 9.17) is 0 Å². The molecule has 0 spiro atoms. The van der Waals surface area contributed by atoms with Crippen molar-refractivity contribution in [2.45, 2.75) is 29.4 Å². The zero-order valence-electron chi connectivity index (χ0n) is 14.4. The van der Waals surface area contributed by atoms with Gasteiger partial charge in [-0.2, -0.15) is 22.0 Å². The number of sulfone groups is 1. The molecule has 0 heterocycles. The first kappa shape index (κ1) is 22.5. The van der Waals surface area contributed by atoms with Crippen molar-refractivity contribution in [3.63, 3.8) is 0 Å². The fourth-order valence-corrected chi connectivity index (χ4v) is 3.45. The molecule has 2 rings (SSSR count). The van der Waals surface area contributed by atoms with Crippen LogP contribution < -0.4 is 5.32 Å². The van der Waals surface area contributed by atoms with Crippen molar-refractivity contribution >= 4 is 26.9 Å². The third-order valence-electron chi connectivity index (χ3n) is 3.75. The summed E-state index contributed by atoms with van der Waals surface area (Å²) < 4.78 is 101. The van der Waals surface area contributed by atoms with E-state index in [0.29, 0.717) is 11.8 Å². The van der Waals surface area contributed by atoms with Crippen LogP contribution in [0.3, 0.4) is 0 Å². The summed E-state index contributed by atoms with van der Waals surface area (Å²) in [4.78, 5) is 8.56. The molecule has 0 saturated heterocycles. The first-order chi connectivity index (χ1) is 13.2. The molecular formula is C16H12F6N2O4S. The van der Waals surface area contributed by atoms with E-state index in [2.05, 4.69) is 5.32 Å². The van der Waals surface area contributed by atoms with E-state index < -0.39 is 42.9 Å². The van der Waals surface area contributed by atoms with Gasteiger partial charge in [0.25, 0.3) is 11.9 Å². The molecule has 0 aliphatic heterocycles. The molecule has 0 aromatic heterocycles. The highest BCUT2D eigenvalue weighted by molar-refractivity contribution is 7.92. The molecule has 158 valence electrons. The number of benzene rings is 2. The molecule has 13 heteroatoms. The number of nitro groups is 1. The average Bonchev–Trinajstić information content (AvgIpc) is 2.62. The van der Waals surface area contributed by atoms with Crippen LogP contribution in [0, 0.1) is 17.0 Å². The summed E-state index contributed by atoms with van der Waals surface area (Å²) in [7, 11) is -6.23. The molecule has 0 aliphatic rings.